The van der Waals surface area contributed by atoms with Crippen molar-refractivity contribution in [3.8, 4) is 5.75 Å². The van der Waals surface area contributed by atoms with Crippen LogP contribution in [0.15, 0.2) is 36.4 Å². The molecule has 1 N–H and O–H groups in total. The molecule has 0 atom stereocenters. The van der Waals surface area contributed by atoms with Gasteiger partial charge in [-0.25, -0.2) is 0 Å². The first-order chi connectivity index (χ1) is 11.7. The normalized spacial score (nSPS) is 10.8. The van der Waals surface area contributed by atoms with Gasteiger partial charge in [0.15, 0.2) is 0 Å². The Kier molecular flexibility index (Phi) is 7.60. The quantitative estimate of drug-likeness (QED) is 0.632. The number of aryl methyl sites for hydroxylation is 1. The molecule has 0 aromatic heterocycles. The number of rotatable bonds is 10. The molecule has 2 aromatic rings. The molecule has 3 heteroatoms. The van der Waals surface area contributed by atoms with Crippen LogP contribution in [0.5, 0.6) is 5.75 Å². The summed E-state index contributed by atoms with van der Waals surface area (Å²) in [7, 11) is 1.69. The van der Waals surface area contributed by atoms with Crippen molar-refractivity contribution in [1.82, 2.24) is 5.32 Å². The largest absolute Gasteiger partial charge is 0.497 e. The van der Waals surface area contributed by atoms with Crippen LogP contribution in [-0.2, 0) is 11.2 Å². The van der Waals surface area contributed by atoms with Crippen LogP contribution in [0.25, 0.3) is 10.8 Å². The fraction of sp³-hybridized carbons (Fsp3) is 0.476. The molecule has 0 spiro atoms. The third-order valence-electron chi connectivity index (χ3n) is 4.38. The molecule has 0 aliphatic heterocycles. The summed E-state index contributed by atoms with van der Waals surface area (Å²) < 4.78 is 5.33. The van der Waals surface area contributed by atoms with Gasteiger partial charge in [-0.2, -0.15) is 0 Å². The van der Waals surface area contributed by atoms with E-state index in [0.29, 0.717) is 6.42 Å². The van der Waals surface area contributed by atoms with Gasteiger partial charge in [0.1, 0.15) is 5.75 Å². The van der Waals surface area contributed by atoms with E-state index in [-0.39, 0.29) is 5.91 Å². The van der Waals surface area contributed by atoms with Crippen molar-refractivity contribution in [1.29, 1.82) is 0 Å². The van der Waals surface area contributed by atoms with Gasteiger partial charge in [-0.3, -0.25) is 4.79 Å². The van der Waals surface area contributed by atoms with E-state index in [1.807, 2.05) is 6.07 Å². The van der Waals surface area contributed by atoms with Crippen LogP contribution in [-0.4, -0.2) is 19.6 Å². The molecule has 24 heavy (non-hydrogen) atoms. The van der Waals surface area contributed by atoms with Gasteiger partial charge in [0.25, 0.3) is 0 Å². The Bertz CT molecular complexity index is 651. The molecule has 0 heterocycles. The van der Waals surface area contributed by atoms with Crippen molar-refractivity contribution in [3.05, 3.63) is 42.0 Å². The van der Waals surface area contributed by atoms with Gasteiger partial charge in [-0.15, -0.1) is 0 Å². The SMILES string of the molecule is CCCCCCNC(=O)CCCc1cccc2ccc(OC)cc12. The van der Waals surface area contributed by atoms with Crippen LogP contribution in [0.4, 0.5) is 0 Å². The van der Waals surface area contributed by atoms with E-state index < -0.39 is 0 Å². The number of unbranched alkanes of at least 4 members (excludes halogenated alkanes) is 3. The van der Waals surface area contributed by atoms with Crippen LogP contribution in [0.2, 0.25) is 0 Å². The molecule has 0 saturated heterocycles. The van der Waals surface area contributed by atoms with Gasteiger partial charge in [-0.05, 0) is 47.7 Å². The zero-order valence-corrected chi connectivity index (χ0v) is 14.9. The minimum Gasteiger partial charge on any atom is -0.497 e. The van der Waals surface area contributed by atoms with Gasteiger partial charge in [0.05, 0.1) is 7.11 Å². The van der Waals surface area contributed by atoms with E-state index in [1.165, 1.54) is 35.6 Å². The topological polar surface area (TPSA) is 38.3 Å². The van der Waals surface area contributed by atoms with E-state index in [9.17, 15) is 4.79 Å². The monoisotopic (exact) mass is 327 g/mol. The number of carbonyl (C=O) groups excluding carboxylic acids is 1. The zero-order chi connectivity index (χ0) is 17.2. The molecule has 0 unspecified atom stereocenters. The highest BCUT2D eigenvalue weighted by molar-refractivity contribution is 5.87. The van der Waals surface area contributed by atoms with E-state index in [0.717, 1.165) is 31.6 Å². The second-order valence-electron chi connectivity index (χ2n) is 6.27. The van der Waals surface area contributed by atoms with Crippen LogP contribution in [0.3, 0.4) is 0 Å². The van der Waals surface area contributed by atoms with Gasteiger partial charge < -0.3 is 10.1 Å². The number of ether oxygens (including phenoxy) is 1. The first-order valence-electron chi connectivity index (χ1n) is 9.07. The molecule has 0 saturated carbocycles. The zero-order valence-electron chi connectivity index (χ0n) is 14.9. The number of nitrogens with one attached hydrogen (secondary N) is 1. The molecule has 2 rings (SSSR count). The third kappa shape index (κ3) is 5.55. The highest BCUT2D eigenvalue weighted by atomic mass is 16.5. The number of benzene rings is 2. The molecule has 0 aliphatic rings. The van der Waals surface area contributed by atoms with Gasteiger partial charge in [0, 0.05) is 13.0 Å². The summed E-state index contributed by atoms with van der Waals surface area (Å²) in [6.45, 7) is 3.01. The molecular formula is C21H29NO2. The molecule has 2 aromatic carbocycles. The summed E-state index contributed by atoms with van der Waals surface area (Å²) in [4.78, 5) is 11.9. The number of hydrogen-bond donors (Lipinski definition) is 1. The Hall–Kier alpha value is -2.03. The van der Waals surface area contributed by atoms with Crippen molar-refractivity contribution in [2.24, 2.45) is 0 Å². The van der Waals surface area contributed by atoms with Gasteiger partial charge in [0.2, 0.25) is 5.91 Å². The van der Waals surface area contributed by atoms with Crippen molar-refractivity contribution in [3.63, 3.8) is 0 Å². The second-order valence-corrected chi connectivity index (χ2v) is 6.27. The standard InChI is InChI=1S/C21H29NO2/c1-3-4-5-6-15-22-21(23)12-8-11-17-9-7-10-18-13-14-19(24-2)16-20(17)18/h7,9-10,13-14,16H,3-6,8,11-12,15H2,1-2H3,(H,22,23). The average Bonchev–Trinajstić information content (AvgIpc) is 2.61. The summed E-state index contributed by atoms with van der Waals surface area (Å²) in [5, 5.41) is 5.46. The first kappa shape index (κ1) is 18.3. The Labute approximate surface area is 145 Å². The average molecular weight is 327 g/mol. The van der Waals surface area contributed by atoms with E-state index in [1.54, 1.807) is 7.11 Å². The Morgan fingerprint density at radius 1 is 1.08 bits per heavy atom. The maximum absolute atomic E-state index is 11.9. The molecule has 0 bridgehead atoms. The van der Waals surface area contributed by atoms with E-state index >= 15 is 0 Å². The van der Waals surface area contributed by atoms with Crippen molar-refractivity contribution < 1.29 is 9.53 Å². The number of methoxy groups -OCH3 is 1. The maximum Gasteiger partial charge on any atom is 0.220 e. The van der Waals surface area contributed by atoms with E-state index in [4.69, 9.17) is 4.74 Å². The summed E-state index contributed by atoms with van der Waals surface area (Å²) in [6, 6.07) is 12.5. The molecule has 3 nitrogen and oxygen atoms in total. The maximum atomic E-state index is 11.9. The number of carbonyl (C=O) groups is 1. The predicted molar refractivity (Wildman–Crippen MR) is 101 cm³/mol. The minimum absolute atomic E-state index is 0.171. The Morgan fingerprint density at radius 2 is 1.96 bits per heavy atom. The molecule has 1 amide bonds. The summed E-state index contributed by atoms with van der Waals surface area (Å²) in [5.41, 5.74) is 1.28. The summed E-state index contributed by atoms with van der Waals surface area (Å²) in [6.07, 6.45) is 7.14. The molecular weight excluding hydrogens is 298 g/mol. The first-order valence-corrected chi connectivity index (χ1v) is 9.07. The van der Waals surface area contributed by atoms with E-state index in [2.05, 4.69) is 42.6 Å². The highest BCUT2D eigenvalue weighted by Crippen LogP contribution is 2.25. The molecule has 0 fully saturated rings. The predicted octanol–water partition coefficient (Wildman–Crippen LogP) is 4.87. The van der Waals surface area contributed by atoms with Crippen LogP contribution in [0, 0.1) is 0 Å². The summed E-state index contributed by atoms with van der Waals surface area (Å²) >= 11 is 0. The Balaban J connectivity index is 1.82. The van der Waals surface area contributed by atoms with Crippen LogP contribution < -0.4 is 10.1 Å². The number of amides is 1. The minimum atomic E-state index is 0.171. The molecule has 130 valence electrons. The highest BCUT2D eigenvalue weighted by Gasteiger charge is 2.05. The number of fused-ring (bicyclic) bond motifs is 1. The van der Waals surface area contributed by atoms with Gasteiger partial charge in [-0.1, -0.05) is 50.5 Å². The lowest BCUT2D eigenvalue weighted by Crippen LogP contribution is -2.24. The lowest BCUT2D eigenvalue weighted by molar-refractivity contribution is -0.121. The second kappa shape index (κ2) is 9.96. The van der Waals surface area contributed by atoms with Crippen LogP contribution >= 0.6 is 0 Å². The third-order valence-corrected chi connectivity index (χ3v) is 4.38. The fourth-order valence-corrected chi connectivity index (χ4v) is 2.97. The fourth-order valence-electron chi connectivity index (χ4n) is 2.97. The van der Waals surface area contributed by atoms with Crippen molar-refractivity contribution in [2.75, 3.05) is 13.7 Å². The lowest BCUT2D eigenvalue weighted by atomic mass is 10.00. The van der Waals surface area contributed by atoms with Crippen molar-refractivity contribution >= 4 is 16.7 Å². The smallest absolute Gasteiger partial charge is 0.220 e. The Morgan fingerprint density at radius 3 is 2.75 bits per heavy atom. The van der Waals surface area contributed by atoms with Crippen LogP contribution in [0.1, 0.15) is 51.0 Å². The van der Waals surface area contributed by atoms with Gasteiger partial charge >= 0.3 is 0 Å². The number of hydrogen-bond acceptors (Lipinski definition) is 2. The lowest BCUT2D eigenvalue weighted by Gasteiger charge is -2.09. The molecule has 0 radical (unpaired) electrons. The van der Waals surface area contributed by atoms with Crippen molar-refractivity contribution in [2.45, 2.75) is 51.9 Å². The molecule has 0 aliphatic carbocycles. The summed E-state index contributed by atoms with van der Waals surface area (Å²) in [5.74, 6) is 1.05.